The zero-order chi connectivity index (χ0) is 22.4. The summed E-state index contributed by atoms with van der Waals surface area (Å²) in [7, 11) is 0. The van der Waals surface area contributed by atoms with Gasteiger partial charge in [-0.25, -0.2) is 4.79 Å². The number of hydrogen-bond acceptors (Lipinski definition) is 4. The Kier molecular flexibility index (Phi) is 9.15. The number of unbranched alkanes of at least 4 members (excludes halogenated alkanes) is 1. The smallest absolute Gasteiger partial charge is 0.407 e. The molecule has 2 N–H and O–H groups in total. The normalized spacial score (nSPS) is 10.2. The van der Waals surface area contributed by atoms with E-state index >= 15 is 0 Å². The molecule has 166 valence electrons. The summed E-state index contributed by atoms with van der Waals surface area (Å²) in [5.41, 5.74) is 2.89. The molecule has 6 nitrogen and oxygen atoms in total. The van der Waals surface area contributed by atoms with E-state index in [1.54, 1.807) is 0 Å². The lowest BCUT2D eigenvalue weighted by molar-refractivity contribution is -0.118. The Morgan fingerprint density at radius 2 is 1.44 bits per heavy atom. The molecule has 6 heteroatoms. The van der Waals surface area contributed by atoms with Crippen molar-refractivity contribution >= 4 is 17.7 Å². The second-order valence-corrected chi connectivity index (χ2v) is 7.29. The lowest BCUT2D eigenvalue weighted by Crippen LogP contribution is -2.25. The Balaban J connectivity index is 1.26. The molecule has 3 rings (SSSR count). The second-order valence-electron chi connectivity index (χ2n) is 7.29. The van der Waals surface area contributed by atoms with E-state index < -0.39 is 6.09 Å². The Hall–Kier alpha value is -3.80. The van der Waals surface area contributed by atoms with E-state index in [0.717, 1.165) is 30.5 Å². The Morgan fingerprint density at radius 3 is 2.16 bits per heavy atom. The third-order valence-corrected chi connectivity index (χ3v) is 4.73. The fourth-order valence-corrected chi connectivity index (χ4v) is 3.04. The molecule has 0 heterocycles. The van der Waals surface area contributed by atoms with Gasteiger partial charge in [-0.3, -0.25) is 4.79 Å². The summed E-state index contributed by atoms with van der Waals surface area (Å²) in [5, 5.41) is 5.56. The predicted octanol–water partition coefficient (Wildman–Crippen LogP) is 4.95. The van der Waals surface area contributed by atoms with E-state index in [1.165, 1.54) is 5.56 Å². The van der Waals surface area contributed by atoms with Crippen molar-refractivity contribution in [3.63, 3.8) is 0 Å². The van der Waals surface area contributed by atoms with Crippen molar-refractivity contribution in [3.05, 3.63) is 96.1 Å². The number of amides is 2. The minimum Gasteiger partial charge on any atom is -0.484 e. The van der Waals surface area contributed by atoms with Gasteiger partial charge in [0.05, 0.1) is 0 Å². The summed E-state index contributed by atoms with van der Waals surface area (Å²) < 4.78 is 10.7. The van der Waals surface area contributed by atoms with Gasteiger partial charge in [0.2, 0.25) is 0 Å². The molecule has 3 aromatic rings. The number of carbonyl (C=O) groups excluding carboxylic acids is 2. The van der Waals surface area contributed by atoms with Crippen LogP contribution in [0.25, 0.3) is 0 Å². The van der Waals surface area contributed by atoms with Gasteiger partial charge >= 0.3 is 6.09 Å². The molecule has 0 spiro atoms. The van der Waals surface area contributed by atoms with E-state index in [1.807, 2.05) is 84.9 Å². The van der Waals surface area contributed by atoms with Gasteiger partial charge in [-0.05, 0) is 54.7 Å². The third-order valence-electron chi connectivity index (χ3n) is 4.73. The van der Waals surface area contributed by atoms with Gasteiger partial charge in [-0.2, -0.15) is 0 Å². The molecule has 0 bridgehead atoms. The molecule has 0 aliphatic heterocycles. The highest BCUT2D eigenvalue weighted by Gasteiger charge is 2.04. The fraction of sp³-hybridized carbons (Fsp3) is 0.231. The van der Waals surface area contributed by atoms with Crippen LogP contribution >= 0.6 is 0 Å². The van der Waals surface area contributed by atoms with Gasteiger partial charge < -0.3 is 20.1 Å². The fourth-order valence-electron chi connectivity index (χ4n) is 3.04. The number of benzene rings is 3. The van der Waals surface area contributed by atoms with Gasteiger partial charge in [0.1, 0.15) is 12.4 Å². The van der Waals surface area contributed by atoms with Crippen molar-refractivity contribution in [1.29, 1.82) is 0 Å². The van der Waals surface area contributed by atoms with Gasteiger partial charge in [0.25, 0.3) is 5.91 Å². The summed E-state index contributed by atoms with van der Waals surface area (Å²) in [6, 6.07) is 26.6. The highest BCUT2D eigenvalue weighted by Crippen LogP contribution is 2.14. The maximum Gasteiger partial charge on any atom is 0.407 e. The van der Waals surface area contributed by atoms with E-state index in [0.29, 0.717) is 12.3 Å². The molecule has 0 unspecified atom stereocenters. The van der Waals surface area contributed by atoms with E-state index in [2.05, 4.69) is 10.6 Å². The molecule has 0 aromatic heterocycles. The Bertz CT molecular complexity index is 960. The lowest BCUT2D eigenvalue weighted by Gasteiger charge is -2.09. The average molecular weight is 433 g/mol. The zero-order valence-corrected chi connectivity index (χ0v) is 18.0. The molecular formula is C26H28N2O4. The van der Waals surface area contributed by atoms with Crippen LogP contribution < -0.4 is 15.4 Å². The second kappa shape index (κ2) is 12.8. The minimum absolute atomic E-state index is 0.0414. The van der Waals surface area contributed by atoms with Crippen LogP contribution in [0.4, 0.5) is 10.5 Å². The summed E-state index contributed by atoms with van der Waals surface area (Å²) in [6.45, 7) is 0.806. The molecule has 0 saturated carbocycles. The molecule has 0 saturated heterocycles. The lowest BCUT2D eigenvalue weighted by atomic mass is 10.1. The quantitative estimate of drug-likeness (QED) is 0.420. The number of rotatable bonds is 11. The SMILES string of the molecule is O=C(COc1ccc(CCCCNC(=O)OCc2ccccc2)cc1)Nc1ccccc1. The van der Waals surface area contributed by atoms with Crippen molar-refractivity contribution in [1.82, 2.24) is 5.32 Å². The Morgan fingerprint density at radius 1 is 0.750 bits per heavy atom. The first-order valence-corrected chi connectivity index (χ1v) is 10.7. The van der Waals surface area contributed by atoms with Crippen LogP contribution in [0.1, 0.15) is 24.0 Å². The van der Waals surface area contributed by atoms with Crippen LogP contribution in [-0.2, 0) is 22.6 Å². The van der Waals surface area contributed by atoms with Crippen LogP contribution in [0.3, 0.4) is 0 Å². The van der Waals surface area contributed by atoms with Gasteiger partial charge in [-0.1, -0.05) is 60.7 Å². The van der Waals surface area contributed by atoms with Gasteiger partial charge in [-0.15, -0.1) is 0 Å². The Labute approximate surface area is 188 Å². The summed E-state index contributed by atoms with van der Waals surface area (Å²) >= 11 is 0. The first kappa shape index (κ1) is 22.9. The van der Waals surface area contributed by atoms with Crippen LogP contribution in [0, 0.1) is 0 Å². The monoisotopic (exact) mass is 432 g/mol. The van der Waals surface area contributed by atoms with Gasteiger partial charge in [0.15, 0.2) is 6.61 Å². The number of alkyl carbamates (subject to hydrolysis) is 1. The maximum atomic E-state index is 11.9. The summed E-state index contributed by atoms with van der Waals surface area (Å²) in [5.74, 6) is 0.454. The zero-order valence-electron chi connectivity index (χ0n) is 18.0. The molecule has 0 fully saturated rings. The van der Waals surface area contributed by atoms with Crippen LogP contribution in [0.15, 0.2) is 84.9 Å². The van der Waals surface area contributed by atoms with E-state index in [-0.39, 0.29) is 19.1 Å². The molecule has 0 atom stereocenters. The average Bonchev–Trinajstić information content (AvgIpc) is 2.83. The predicted molar refractivity (Wildman–Crippen MR) is 125 cm³/mol. The first-order valence-electron chi connectivity index (χ1n) is 10.7. The van der Waals surface area contributed by atoms with Crippen molar-refractivity contribution in [2.75, 3.05) is 18.5 Å². The number of hydrogen-bond donors (Lipinski definition) is 2. The minimum atomic E-state index is -0.397. The van der Waals surface area contributed by atoms with Crippen LogP contribution in [-0.4, -0.2) is 25.2 Å². The van der Waals surface area contributed by atoms with Crippen LogP contribution in [0.5, 0.6) is 5.75 Å². The largest absolute Gasteiger partial charge is 0.484 e. The van der Waals surface area contributed by atoms with Gasteiger partial charge in [0, 0.05) is 12.2 Å². The van der Waals surface area contributed by atoms with Crippen molar-refractivity contribution in [2.45, 2.75) is 25.9 Å². The molecule has 0 aliphatic carbocycles. The first-order chi connectivity index (χ1) is 15.7. The molecule has 2 amide bonds. The van der Waals surface area contributed by atoms with Crippen LogP contribution in [0.2, 0.25) is 0 Å². The molecule has 0 aliphatic rings. The number of anilines is 1. The highest BCUT2D eigenvalue weighted by atomic mass is 16.5. The molecule has 32 heavy (non-hydrogen) atoms. The summed E-state index contributed by atoms with van der Waals surface area (Å²) in [4.78, 5) is 23.7. The van der Waals surface area contributed by atoms with Crippen molar-refractivity contribution < 1.29 is 19.1 Å². The number of aryl methyl sites for hydroxylation is 1. The van der Waals surface area contributed by atoms with E-state index in [9.17, 15) is 9.59 Å². The number of carbonyl (C=O) groups is 2. The van der Waals surface area contributed by atoms with Crippen molar-refractivity contribution in [2.24, 2.45) is 0 Å². The number of para-hydroxylation sites is 1. The maximum absolute atomic E-state index is 11.9. The number of ether oxygens (including phenoxy) is 2. The molecule has 3 aromatic carbocycles. The summed E-state index contributed by atoms with van der Waals surface area (Å²) in [6.07, 6.45) is 2.30. The number of nitrogens with one attached hydrogen (secondary N) is 2. The highest BCUT2D eigenvalue weighted by molar-refractivity contribution is 5.91. The molecule has 0 radical (unpaired) electrons. The van der Waals surface area contributed by atoms with E-state index in [4.69, 9.17) is 9.47 Å². The standard InChI is InChI=1S/C26H28N2O4/c29-25(28-23-12-5-2-6-13-23)20-31-24-16-14-21(15-17-24)9-7-8-18-27-26(30)32-19-22-10-3-1-4-11-22/h1-6,10-17H,7-9,18-20H2,(H,27,30)(H,28,29). The van der Waals surface area contributed by atoms with Crippen molar-refractivity contribution in [3.8, 4) is 5.75 Å². The third kappa shape index (κ3) is 8.52. The topological polar surface area (TPSA) is 76.7 Å². The molecular weight excluding hydrogens is 404 g/mol.